The summed E-state index contributed by atoms with van der Waals surface area (Å²) in [5.74, 6) is 0.208. The number of nitrogens with one attached hydrogen (secondary N) is 1. The highest BCUT2D eigenvalue weighted by molar-refractivity contribution is 6.30. The molecule has 10 heteroatoms. The summed E-state index contributed by atoms with van der Waals surface area (Å²) in [6, 6.07) is 0. The molecule has 0 saturated heterocycles. The van der Waals surface area contributed by atoms with Crippen LogP contribution in [0.4, 0.5) is 11.8 Å². The van der Waals surface area contributed by atoms with E-state index in [1.807, 2.05) is 11.1 Å². The lowest BCUT2D eigenvalue weighted by Gasteiger charge is -2.21. The second-order valence-electron chi connectivity index (χ2n) is 7.88. The van der Waals surface area contributed by atoms with Crippen molar-refractivity contribution in [1.82, 2.24) is 20.3 Å². The van der Waals surface area contributed by atoms with Crippen LogP contribution in [0.2, 0.25) is 5.15 Å². The third kappa shape index (κ3) is 5.06. The van der Waals surface area contributed by atoms with Gasteiger partial charge in [-0.25, -0.2) is 4.98 Å². The number of hydrogen-bond acceptors (Lipinski definition) is 8. The van der Waals surface area contributed by atoms with Gasteiger partial charge in [-0.2, -0.15) is 4.98 Å². The standard InChI is InChI=1S/C21H29ClN6O3/c1-4-15-11(2)6-24-16(12(15)3)9-28-8-13(5-17(31)25-7-14(30)10-29)18-19(22)26-21(23)27-20(18)28/h6,13-14,29-30H,4-5,7-10H2,1-3H3,(H,25,31)(H2,23,26,27). The maximum absolute atomic E-state index is 12.4. The van der Waals surface area contributed by atoms with Gasteiger partial charge in [0, 0.05) is 37.2 Å². The minimum atomic E-state index is -0.994. The minimum Gasteiger partial charge on any atom is -0.394 e. The van der Waals surface area contributed by atoms with Crippen molar-refractivity contribution >= 4 is 29.3 Å². The van der Waals surface area contributed by atoms with Crippen molar-refractivity contribution in [3.05, 3.63) is 39.3 Å². The molecule has 0 fully saturated rings. The van der Waals surface area contributed by atoms with Gasteiger partial charge in [-0.3, -0.25) is 9.78 Å². The topological polar surface area (TPSA) is 137 Å². The second kappa shape index (κ2) is 9.76. The number of anilines is 2. The van der Waals surface area contributed by atoms with Crippen LogP contribution in [0.1, 0.15) is 47.2 Å². The number of rotatable bonds is 8. The van der Waals surface area contributed by atoms with E-state index < -0.39 is 12.7 Å². The largest absolute Gasteiger partial charge is 0.394 e. The fourth-order valence-corrected chi connectivity index (χ4v) is 4.41. The number of hydrogen-bond donors (Lipinski definition) is 4. The zero-order valence-corrected chi connectivity index (χ0v) is 18.8. The molecule has 0 aliphatic carbocycles. The molecule has 168 valence electrons. The van der Waals surface area contributed by atoms with E-state index in [9.17, 15) is 9.90 Å². The van der Waals surface area contributed by atoms with Gasteiger partial charge in [0.15, 0.2) is 0 Å². The first kappa shape index (κ1) is 23.2. The first-order valence-electron chi connectivity index (χ1n) is 10.3. The summed E-state index contributed by atoms with van der Waals surface area (Å²) in [4.78, 5) is 27.5. The van der Waals surface area contributed by atoms with Gasteiger partial charge in [0.1, 0.15) is 11.0 Å². The van der Waals surface area contributed by atoms with E-state index in [2.05, 4.69) is 41.0 Å². The predicted octanol–water partition coefficient (Wildman–Crippen LogP) is 1.25. The molecule has 0 spiro atoms. The number of fused-ring (bicyclic) bond motifs is 1. The first-order valence-corrected chi connectivity index (χ1v) is 10.7. The van der Waals surface area contributed by atoms with Crippen molar-refractivity contribution in [3.8, 4) is 0 Å². The predicted molar refractivity (Wildman–Crippen MR) is 119 cm³/mol. The normalized spacial score (nSPS) is 16.3. The molecule has 2 unspecified atom stereocenters. The lowest BCUT2D eigenvalue weighted by Crippen LogP contribution is -2.35. The van der Waals surface area contributed by atoms with Gasteiger partial charge in [0.25, 0.3) is 0 Å². The van der Waals surface area contributed by atoms with Crippen LogP contribution in [-0.2, 0) is 17.8 Å². The summed E-state index contributed by atoms with van der Waals surface area (Å²) in [7, 11) is 0. The zero-order valence-electron chi connectivity index (χ0n) is 18.0. The lowest BCUT2D eigenvalue weighted by atomic mass is 10.00. The summed E-state index contributed by atoms with van der Waals surface area (Å²) < 4.78 is 0. The summed E-state index contributed by atoms with van der Waals surface area (Å²) in [6.07, 6.45) is 1.96. The Morgan fingerprint density at radius 1 is 1.42 bits per heavy atom. The number of amides is 1. The summed E-state index contributed by atoms with van der Waals surface area (Å²) in [5, 5.41) is 21.2. The van der Waals surface area contributed by atoms with Gasteiger partial charge in [-0.1, -0.05) is 18.5 Å². The molecule has 1 aliphatic heterocycles. The van der Waals surface area contributed by atoms with Gasteiger partial charge in [0.2, 0.25) is 11.9 Å². The van der Waals surface area contributed by atoms with E-state index in [1.165, 1.54) is 11.1 Å². The van der Waals surface area contributed by atoms with Crippen LogP contribution in [0.3, 0.4) is 0 Å². The van der Waals surface area contributed by atoms with E-state index >= 15 is 0 Å². The Balaban J connectivity index is 1.85. The maximum Gasteiger partial charge on any atom is 0.223 e. The maximum atomic E-state index is 12.4. The van der Waals surface area contributed by atoms with Crippen molar-refractivity contribution in [1.29, 1.82) is 0 Å². The highest BCUT2D eigenvalue weighted by Gasteiger charge is 2.35. The van der Waals surface area contributed by atoms with Crippen LogP contribution in [0, 0.1) is 13.8 Å². The number of aliphatic hydroxyl groups is 2. The number of halogens is 1. The van der Waals surface area contributed by atoms with Gasteiger partial charge in [0.05, 0.1) is 24.9 Å². The van der Waals surface area contributed by atoms with Gasteiger partial charge < -0.3 is 26.2 Å². The van der Waals surface area contributed by atoms with Crippen molar-refractivity contribution in [3.63, 3.8) is 0 Å². The Kier molecular flexibility index (Phi) is 7.30. The van der Waals surface area contributed by atoms with Crippen LogP contribution in [0.5, 0.6) is 0 Å². The Morgan fingerprint density at radius 3 is 2.84 bits per heavy atom. The van der Waals surface area contributed by atoms with Gasteiger partial charge in [-0.15, -0.1) is 0 Å². The second-order valence-corrected chi connectivity index (χ2v) is 8.23. The zero-order chi connectivity index (χ0) is 22.7. The molecule has 0 bridgehead atoms. The van der Waals surface area contributed by atoms with Crippen LogP contribution in [-0.4, -0.2) is 56.9 Å². The van der Waals surface area contributed by atoms with E-state index in [-0.39, 0.29) is 35.9 Å². The van der Waals surface area contributed by atoms with Crippen molar-refractivity contribution in [2.24, 2.45) is 0 Å². The summed E-state index contributed by atoms with van der Waals surface area (Å²) >= 11 is 6.39. The molecule has 3 heterocycles. The number of carbonyl (C=O) groups excluding carboxylic acids is 1. The molecular weight excluding hydrogens is 420 g/mol. The van der Waals surface area contributed by atoms with Crippen LogP contribution in [0.25, 0.3) is 0 Å². The number of aliphatic hydroxyl groups excluding tert-OH is 2. The van der Waals surface area contributed by atoms with Gasteiger partial charge in [-0.05, 0) is 37.0 Å². The fourth-order valence-electron chi connectivity index (χ4n) is 4.08. The first-order chi connectivity index (χ1) is 14.7. The molecule has 2 atom stereocenters. The molecule has 0 radical (unpaired) electrons. The molecule has 3 rings (SSSR count). The Morgan fingerprint density at radius 2 is 2.16 bits per heavy atom. The summed E-state index contributed by atoms with van der Waals surface area (Å²) in [5.41, 5.74) is 11.1. The number of pyridine rings is 1. The molecule has 1 amide bonds. The van der Waals surface area contributed by atoms with Crippen molar-refractivity contribution in [2.75, 3.05) is 30.3 Å². The molecule has 2 aromatic heterocycles. The number of nitrogens with zero attached hydrogens (tertiary/aromatic N) is 4. The van der Waals surface area contributed by atoms with Crippen molar-refractivity contribution < 1.29 is 15.0 Å². The Hall–Kier alpha value is -2.49. The minimum absolute atomic E-state index is 0.0170. The van der Waals surface area contributed by atoms with E-state index in [0.29, 0.717) is 24.5 Å². The van der Waals surface area contributed by atoms with E-state index in [4.69, 9.17) is 22.4 Å². The number of aromatic nitrogens is 3. The highest BCUT2D eigenvalue weighted by atomic mass is 35.5. The molecular formula is C21H29ClN6O3. The van der Waals surface area contributed by atoms with Crippen LogP contribution in [0.15, 0.2) is 6.20 Å². The lowest BCUT2D eigenvalue weighted by molar-refractivity contribution is -0.122. The number of carbonyl (C=O) groups is 1. The van der Waals surface area contributed by atoms with Crippen LogP contribution >= 0.6 is 11.6 Å². The molecule has 5 N–H and O–H groups in total. The van der Waals surface area contributed by atoms with E-state index in [0.717, 1.165) is 17.7 Å². The summed E-state index contributed by atoms with van der Waals surface area (Å²) in [6.45, 7) is 6.85. The smallest absolute Gasteiger partial charge is 0.223 e. The van der Waals surface area contributed by atoms with E-state index in [1.54, 1.807) is 0 Å². The third-order valence-electron chi connectivity index (χ3n) is 5.69. The van der Waals surface area contributed by atoms with Crippen LogP contribution < -0.4 is 16.0 Å². The highest BCUT2D eigenvalue weighted by Crippen LogP contribution is 2.41. The third-order valence-corrected chi connectivity index (χ3v) is 5.98. The number of nitrogens with two attached hydrogens (primary N) is 1. The molecule has 31 heavy (non-hydrogen) atoms. The van der Waals surface area contributed by atoms with Crippen molar-refractivity contribution in [2.45, 2.75) is 52.2 Å². The molecule has 1 aliphatic rings. The number of aryl methyl sites for hydroxylation is 1. The Bertz CT molecular complexity index is 971. The molecule has 0 aromatic carbocycles. The molecule has 9 nitrogen and oxygen atoms in total. The average molecular weight is 449 g/mol. The molecule has 0 saturated carbocycles. The fraction of sp³-hybridized carbons (Fsp3) is 0.524. The monoisotopic (exact) mass is 448 g/mol. The Labute approximate surface area is 186 Å². The molecule has 2 aromatic rings. The average Bonchev–Trinajstić information content (AvgIpc) is 3.05. The SMILES string of the molecule is CCc1c(C)cnc(CN2CC(CC(=O)NCC(O)CO)c3c(Cl)nc(N)nc32)c1C. The van der Waals surface area contributed by atoms with Gasteiger partial charge >= 0.3 is 0 Å². The quantitative estimate of drug-likeness (QED) is 0.443. The number of nitrogen functional groups attached to an aromatic ring is 1.